The van der Waals surface area contributed by atoms with Crippen LogP contribution in [0.15, 0.2) is 12.5 Å². The van der Waals surface area contributed by atoms with Crippen molar-refractivity contribution < 1.29 is 14.2 Å². The monoisotopic (exact) mass is 159 g/mol. The lowest BCUT2D eigenvalue weighted by Gasteiger charge is -2.23. The lowest BCUT2D eigenvalue weighted by atomic mass is 10.4. The SMILES string of the molecule is C=C(NC)OC1COCOC1. The fourth-order valence-corrected chi connectivity index (χ4v) is 0.794. The van der Waals surface area contributed by atoms with E-state index in [2.05, 4.69) is 11.9 Å². The van der Waals surface area contributed by atoms with Crippen LogP contribution in [0.5, 0.6) is 0 Å². The van der Waals surface area contributed by atoms with E-state index >= 15 is 0 Å². The van der Waals surface area contributed by atoms with E-state index in [0.717, 1.165) is 0 Å². The average molecular weight is 159 g/mol. The normalized spacial score (nSPS) is 19.4. The maximum Gasteiger partial charge on any atom is 0.179 e. The molecule has 1 rings (SSSR count). The fourth-order valence-electron chi connectivity index (χ4n) is 0.794. The summed E-state index contributed by atoms with van der Waals surface area (Å²) in [5, 5.41) is 2.78. The predicted octanol–water partition coefficient (Wildman–Crippen LogP) is 0.0665. The van der Waals surface area contributed by atoms with Crippen molar-refractivity contribution in [1.29, 1.82) is 0 Å². The molecule has 0 spiro atoms. The van der Waals surface area contributed by atoms with E-state index in [1.165, 1.54) is 0 Å². The van der Waals surface area contributed by atoms with Crippen LogP contribution in [0.25, 0.3) is 0 Å². The average Bonchev–Trinajstić information content (AvgIpc) is 2.06. The zero-order chi connectivity index (χ0) is 8.10. The summed E-state index contributed by atoms with van der Waals surface area (Å²) in [7, 11) is 1.76. The van der Waals surface area contributed by atoms with Crippen LogP contribution in [0, 0.1) is 0 Å². The Morgan fingerprint density at radius 1 is 1.55 bits per heavy atom. The smallest absolute Gasteiger partial charge is 0.179 e. The molecule has 0 aromatic heterocycles. The van der Waals surface area contributed by atoms with Gasteiger partial charge in [0.1, 0.15) is 12.9 Å². The van der Waals surface area contributed by atoms with E-state index in [4.69, 9.17) is 14.2 Å². The minimum atomic E-state index is -0.0244. The number of nitrogens with one attached hydrogen (secondary N) is 1. The Balaban J connectivity index is 2.19. The van der Waals surface area contributed by atoms with Crippen molar-refractivity contribution in [2.45, 2.75) is 6.10 Å². The summed E-state index contributed by atoms with van der Waals surface area (Å²) >= 11 is 0. The van der Waals surface area contributed by atoms with E-state index in [1.807, 2.05) is 0 Å². The van der Waals surface area contributed by atoms with Crippen LogP contribution < -0.4 is 5.32 Å². The first-order chi connectivity index (χ1) is 5.33. The van der Waals surface area contributed by atoms with Crippen molar-refractivity contribution in [2.75, 3.05) is 27.1 Å². The molecule has 1 N–H and O–H groups in total. The van der Waals surface area contributed by atoms with E-state index < -0.39 is 0 Å². The Bertz CT molecular complexity index is 132. The summed E-state index contributed by atoms with van der Waals surface area (Å²) in [6.45, 7) is 5.13. The molecule has 0 aromatic carbocycles. The van der Waals surface area contributed by atoms with Gasteiger partial charge in [0.25, 0.3) is 0 Å². The second-order valence-electron chi connectivity index (χ2n) is 2.27. The molecule has 1 fully saturated rings. The molecule has 0 aliphatic carbocycles. The molecule has 4 nitrogen and oxygen atoms in total. The third-order valence-electron chi connectivity index (χ3n) is 1.36. The maximum absolute atomic E-state index is 5.28. The van der Waals surface area contributed by atoms with Gasteiger partial charge in [0.05, 0.1) is 13.2 Å². The van der Waals surface area contributed by atoms with E-state index in [-0.39, 0.29) is 6.10 Å². The molecule has 0 bridgehead atoms. The maximum atomic E-state index is 5.28. The van der Waals surface area contributed by atoms with Gasteiger partial charge in [-0.05, 0) is 6.58 Å². The highest BCUT2D eigenvalue weighted by Gasteiger charge is 2.15. The van der Waals surface area contributed by atoms with Crippen LogP contribution in [-0.4, -0.2) is 33.2 Å². The topological polar surface area (TPSA) is 39.7 Å². The van der Waals surface area contributed by atoms with E-state index in [1.54, 1.807) is 7.05 Å². The van der Waals surface area contributed by atoms with Crippen molar-refractivity contribution in [3.8, 4) is 0 Å². The van der Waals surface area contributed by atoms with Crippen molar-refractivity contribution in [1.82, 2.24) is 5.32 Å². The lowest BCUT2D eigenvalue weighted by Crippen LogP contribution is -2.32. The second-order valence-corrected chi connectivity index (χ2v) is 2.27. The Morgan fingerprint density at radius 3 is 2.73 bits per heavy atom. The number of ether oxygens (including phenoxy) is 3. The van der Waals surface area contributed by atoms with Gasteiger partial charge >= 0.3 is 0 Å². The summed E-state index contributed by atoms with van der Waals surface area (Å²) < 4.78 is 15.3. The zero-order valence-corrected chi connectivity index (χ0v) is 6.63. The van der Waals surface area contributed by atoms with Crippen LogP contribution in [0.4, 0.5) is 0 Å². The van der Waals surface area contributed by atoms with Crippen LogP contribution in [0.1, 0.15) is 0 Å². The van der Waals surface area contributed by atoms with Gasteiger partial charge in [-0.3, -0.25) is 0 Å². The number of rotatable bonds is 3. The lowest BCUT2D eigenvalue weighted by molar-refractivity contribution is -0.157. The van der Waals surface area contributed by atoms with E-state index in [0.29, 0.717) is 25.9 Å². The van der Waals surface area contributed by atoms with E-state index in [9.17, 15) is 0 Å². The first-order valence-electron chi connectivity index (χ1n) is 3.51. The molecule has 0 saturated carbocycles. The van der Waals surface area contributed by atoms with Gasteiger partial charge < -0.3 is 19.5 Å². The third kappa shape index (κ3) is 2.78. The van der Waals surface area contributed by atoms with Crippen LogP contribution in [0.3, 0.4) is 0 Å². The molecule has 0 radical (unpaired) electrons. The van der Waals surface area contributed by atoms with Gasteiger partial charge in [-0.1, -0.05) is 0 Å². The molecule has 0 amide bonds. The summed E-state index contributed by atoms with van der Waals surface area (Å²) in [6, 6.07) is 0. The van der Waals surface area contributed by atoms with Crippen molar-refractivity contribution in [3.63, 3.8) is 0 Å². The molecule has 1 heterocycles. The third-order valence-corrected chi connectivity index (χ3v) is 1.36. The van der Waals surface area contributed by atoms with Crippen molar-refractivity contribution in [3.05, 3.63) is 12.5 Å². The Labute approximate surface area is 66.1 Å². The van der Waals surface area contributed by atoms with Gasteiger partial charge in [0.2, 0.25) is 0 Å². The van der Waals surface area contributed by atoms with Crippen molar-refractivity contribution in [2.24, 2.45) is 0 Å². The second kappa shape index (κ2) is 4.20. The quantitative estimate of drug-likeness (QED) is 0.591. The van der Waals surface area contributed by atoms with Gasteiger partial charge in [-0.2, -0.15) is 0 Å². The highest BCUT2D eigenvalue weighted by Crippen LogP contribution is 2.03. The highest BCUT2D eigenvalue weighted by atomic mass is 16.7. The summed E-state index contributed by atoms with van der Waals surface area (Å²) in [5.74, 6) is 0.545. The van der Waals surface area contributed by atoms with Gasteiger partial charge in [0.15, 0.2) is 5.88 Å². The molecule has 1 saturated heterocycles. The molecule has 0 aromatic rings. The first-order valence-corrected chi connectivity index (χ1v) is 3.51. The minimum Gasteiger partial charge on any atom is -0.472 e. The molecule has 1 aliphatic heterocycles. The summed E-state index contributed by atoms with van der Waals surface area (Å²) in [6.07, 6.45) is -0.0244. The summed E-state index contributed by atoms with van der Waals surface area (Å²) in [4.78, 5) is 0. The van der Waals surface area contributed by atoms with Crippen LogP contribution >= 0.6 is 0 Å². The first kappa shape index (κ1) is 8.36. The van der Waals surface area contributed by atoms with Gasteiger partial charge in [-0.25, -0.2) is 0 Å². The van der Waals surface area contributed by atoms with Gasteiger partial charge in [0, 0.05) is 7.05 Å². The fraction of sp³-hybridized carbons (Fsp3) is 0.714. The highest BCUT2D eigenvalue weighted by molar-refractivity contribution is 4.78. The molecule has 0 unspecified atom stereocenters. The zero-order valence-electron chi connectivity index (χ0n) is 6.63. The molecular formula is C7H13NO3. The van der Waals surface area contributed by atoms with Crippen LogP contribution in [0.2, 0.25) is 0 Å². The van der Waals surface area contributed by atoms with Crippen molar-refractivity contribution >= 4 is 0 Å². The number of hydrogen-bond acceptors (Lipinski definition) is 4. The Hall–Kier alpha value is -0.740. The van der Waals surface area contributed by atoms with Gasteiger partial charge in [-0.15, -0.1) is 0 Å². The summed E-state index contributed by atoms with van der Waals surface area (Å²) in [5.41, 5.74) is 0. The minimum absolute atomic E-state index is 0.0244. The Morgan fingerprint density at radius 2 is 2.18 bits per heavy atom. The molecule has 64 valence electrons. The molecular weight excluding hydrogens is 146 g/mol. The number of hydrogen-bond donors (Lipinski definition) is 1. The molecule has 0 atom stereocenters. The predicted molar refractivity (Wildman–Crippen MR) is 39.8 cm³/mol. The standard InChI is InChI=1S/C7H13NO3/c1-6(8-2)11-7-3-9-5-10-4-7/h7-8H,1,3-5H2,2H3. The Kier molecular flexibility index (Phi) is 3.19. The molecule has 4 heteroatoms. The van der Waals surface area contributed by atoms with Crippen LogP contribution in [-0.2, 0) is 14.2 Å². The largest absolute Gasteiger partial charge is 0.472 e. The molecule has 11 heavy (non-hydrogen) atoms. The molecule has 1 aliphatic rings.